The number of carbonyl (C=O) groups is 1. The summed E-state index contributed by atoms with van der Waals surface area (Å²) in [7, 11) is -3.46. The molecule has 1 aromatic carbocycles. The van der Waals surface area contributed by atoms with E-state index < -0.39 is 10.0 Å². The molecule has 0 aromatic heterocycles. The number of rotatable bonds is 6. The molecule has 22 heavy (non-hydrogen) atoms. The molecule has 1 amide bonds. The normalized spacial score (nSPS) is 16.4. The standard InChI is InChI=1S/C16H24N2O3S/c1-2-18-22(20,21)15-10-8-14(9-11-15)16(19)17-12-13-6-4-3-5-7-13/h8-11,13,18H,2-7,12H2,1H3,(H,17,19). The Labute approximate surface area is 132 Å². The molecule has 5 nitrogen and oxygen atoms in total. The minimum atomic E-state index is -3.46. The highest BCUT2D eigenvalue weighted by Gasteiger charge is 2.16. The molecule has 0 saturated heterocycles. The van der Waals surface area contributed by atoms with Crippen LogP contribution >= 0.6 is 0 Å². The van der Waals surface area contributed by atoms with Gasteiger partial charge in [0.2, 0.25) is 10.0 Å². The van der Waals surface area contributed by atoms with Crippen LogP contribution in [0.2, 0.25) is 0 Å². The van der Waals surface area contributed by atoms with Gasteiger partial charge >= 0.3 is 0 Å². The van der Waals surface area contributed by atoms with E-state index in [1.807, 2.05) is 0 Å². The summed E-state index contributed by atoms with van der Waals surface area (Å²) in [5.41, 5.74) is 0.492. The van der Waals surface area contributed by atoms with Gasteiger partial charge in [-0.05, 0) is 43.0 Å². The van der Waals surface area contributed by atoms with Gasteiger partial charge in [0.15, 0.2) is 0 Å². The van der Waals surface area contributed by atoms with E-state index in [0.29, 0.717) is 24.6 Å². The first-order valence-electron chi connectivity index (χ1n) is 7.91. The minimum Gasteiger partial charge on any atom is -0.352 e. The van der Waals surface area contributed by atoms with Crippen LogP contribution in [0.25, 0.3) is 0 Å². The second-order valence-electron chi connectivity index (χ2n) is 5.74. The molecule has 0 radical (unpaired) electrons. The van der Waals surface area contributed by atoms with E-state index in [-0.39, 0.29) is 10.8 Å². The first kappa shape index (κ1) is 17.0. The summed E-state index contributed by atoms with van der Waals surface area (Å²) in [4.78, 5) is 12.3. The summed E-state index contributed by atoms with van der Waals surface area (Å²) in [6.07, 6.45) is 6.15. The average Bonchev–Trinajstić information content (AvgIpc) is 2.54. The van der Waals surface area contributed by atoms with Crippen molar-refractivity contribution in [2.75, 3.05) is 13.1 Å². The van der Waals surface area contributed by atoms with Crippen molar-refractivity contribution >= 4 is 15.9 Å². The maximum Gasteiger partial charge on any atom is 0.251 e. The molecule has 1 aliphatic rings. The van der Waals surface area contributed by atoms with Crippen LogP contribution in [0.5, 0.6) is 0 Å². The highest BCUT2D eigenvalue weighted by molar-refractivity contribution is 7.89. The lowest BCUT2D eigenvalue weighted by molar-refractivity contribution is 0.0943. The van der Waals surface area contributed by atoms with Gasteiger partial charge in [-0.2, -0.15) is 0 Å². The Balaban J connectivity index is 1.93. The van der Waals surface area contributed by atoms with Gasteiger partial charge in [-0.1, -0.05) is 26.2 Å². The Morgan fingerprint density at radius 1 is 1.14 bits per heavy atom. The first-order valence-corrected chi connectivity index (χ1v) is 9.39. The zero-order valence-electron chi connectivity index (χ0n) is 13.0. The van der Waals surface area contributed by atoms with E-state index in [9.17, 15) is 13.2 Å². The zero-order chi connectivity index (χ0) is 16.0. The van der Waals surface area contributed by atoms with Crippen molar-refractivity contribution in [3.05, 3.63) is 29.8 Å². The van der Waals surface area contributed by atoms with Crippen LogP contribution in [0.1, 0.15) is 49.4 Å². The van der Waals surface area contributed by atoms with E-state index in [4.69, 9.17) is 0 Å². The molecule has 1 fully saturated rings. The first-order chi connectivity index (χ1) is 10.5. The summed E-state index contributed by atoms with van der Waals surface area (Å²) < 4.78 is 26.1. The van der Waals surface area contributed by atoms with Crippen LogP contribution in [0.3, 0.4) is 0 Å². The third-order valence-electron chi connectivity index (χ3n) is 4.04. The van der Waals surface area contributed by atoms with Crippen LogP contribution in [-0.2, 0) is 10.0 Å². The van der Waals surface area contributed by atoms with Crippen molar-refractivity contribution in [1.82, 2.24) is 10.0 Å². The van der Waals surface area contributed by atoms with Crippen molar-refractivity contribution in [3.63, 3.8) is 0 Å². The fourth-order valence-corrected chi connectivity index (χ4v) is 3.83. The largest absolute Gasteiger partial charge is 0.352 e. The second-order valence-corrected chi connectivity index (χ2v) is 7.51. The fourth-order valence-electron chi connectivity index (χ4n) is 2.79. The Hall–Kier alpha value is -1.40. The Kier molecular flexibility index (Phi) is 5.97. The van der Waals surface area contributed by atoms with Crippen LogP contribution in [0.15, 0.2) is 29.2 Å². The molecule has 0 heterocycles. The SMILES string of the molecule is CCNS(=O)(=O)c1ccc(C(=O)NCC2CCCCC2)cc1. The number of hydrogen-bond donors (Lipinski definition) is 2. The number of carbonyl (C=O) groups excluding carboxylic acids is 1. The van der Waals surface area contributed by atoms with E-state index in [1.165, 1.54) is 44.2 Å². The topological polar surface area (TPSA) is 75.3 Å². The van der Waals surface area contributed by atoms with E-state index in [1.54, 1.807) is 19.1 Å². The molecule has 0 spiro atoms. The molecule has 1 saturated carbocycles. The lowest BCUT2D eigenvalue weighted by atomic mass is 9.89. The van der Waals surface area contributed by atoms with Gasteiger partial charge in [0.25, 0.3) is 5.91 Å². The van der Waals surface area contributed by atoms with Crippen molar-refractivity contribution in [1.29, 1.82) is 0 Å². The summed E-state index contributed by atoms with van der Waals surface area (Å²) in [5.74, 6) is 0.434. The smallest absolute Gasteiger partial charge is 0.251 e. The third kappa shape index (κ3) is 4.55. The van der Waals surface area contributed by atoms with Gasteiger partial charge in [-0.3, -0.25) is 4.79 Å². The highest BCUT2D eigenvalue weighted by atomic mass is 32.2. The van der Waals surface area contributed by atoms with Gasteiger partial charge in [-0.25, -0.2) is 13.1 Å². The summed E-state index contributed by atoms with van der Waals surface area (Å²) in [6, 6.07) is 6.04. The van der Waals surface area contributed by atoms with Crippen LogP contribution in [0, 0.1) is 5.92 Å². The van der Waals surface area contributed by atoms with Gasteiger partial charge in [-0.15, -0.1) is 0 Å². The Morgan fingerprint density at radius 2 is 1.77 bits per heavy atom. The quantitative estimate of drug-likeness (QED) is 0.843. The van der Waals surface area contributed by atoms with Crippen molar-refractivity contribution in [3.8, 4) is 0 Å². The summed E-state index contributed by atoms with van der Waals surface area (Å²) in [5, 5.41) is 2.95. The molecule has 2 N–H and O–H groups in total. The monoisotopic (exact) mass is 324 g/mol. The molecular weight excluding hydrogens is 300 g/mol. The number of benzene rings is 1. The van der Waals surface area contributed by atoms with Gasteiger partial charge in [0, 0.05) is 18.7 Å². The van der Waals surface area contributed by atoms with Gasteiger partial charge < -0.3 is 5.32 Å². The number of sulfonamides is 1. The van der Waals surface area contributed by atoms with E-state index in [2.05, 4.69) is 10.0 Å². The van der Waals surface area contributed by atoms with E-state index in [0.717, 1.165) is 0 Å². The predicted molar refractivity (Wildman–Crippen MR) is 86.2 cm³/mol. The number of amides is 1. The van der Waals surface area contributed by atoms with Gasteiger partial charge in [0.05, 0.1) is 4.90 Å². The molecule has 1 aromatic rings. The maximum atomic E-state index is 12.1. The molecule has 0 atom stereocenters. The van der Waals surface area contributed by atoms with Gasteiger partial charge in [0.1, 0.15) is 0 Å². The lowest BCUT2D eigenvalue weighted by Crippen LogP contribution is -2.30. The Morgan fingerprint density at radius 3 is 2.36 bits per heavy atom. The summed E-state index contributed by atoms with van der Waals surface area (Å²) >= 11 is 0. The lowest BCUT2D eigenvalue weighted by Gasteiger charge is -2.21. The third-order valence-corrected chi connectivity index (χ3v) is 5.60. The number of nitrogens with one attached hydrogen (secondary N) is 2. The fraction of sp³-hybridized carbons (Fsp3) is 0.562. The van der Waals surface area contributed by atoms with Crippen LogP contribution in [0.4, 0.5) is 0 Å². The van der Waals surface area contributed by atoms with Crippen LogP contribution < -0.4 is 10.0 Å². The van der Waals surface area contributed by atoms with Crippen molar-refractivity contribution in [2.45, 2.75) is 43.9 Å². The second kappa shape index (κ2) is 7.74. The molecule has 0 unspecified atom stereocenters. The highest BCUT2D eigenvalue weighted by Crippen LogP contribution is 2.22. The minimum absolute atomic E-state index is 0.141. The van der Waals surface area contributed by atoms with Crippen molar-refractivity contribution in [2.24, 2.45) is 5.92 Å². The number of hydrogen-bond acceptors (Lipinski definition) is 3. The molecular formula is C16H24N2O3S. The molecule has 1 aliphatic carbocycles. The molecule has 0 bridgehead atoms. The maximum absolute atomic E-state index is 12.1. The zero-order valence-corrected chi connectivity index (χ0v) is 13.8. The molecule has 6 heteroatoms. The van der Waals surface area contributed by atoms with Crippen LogP contribution in [-0.4, -0.2) is 27.4 Å². The summed E-state index contributed by atoms with van der Waals surface area (Å²) in [6.45, 7) is 2.77. The predicted octanol–water partition coefficient (Wildman–Crippen LogP) is 2.29. The van der Waals surface area contributed by atoms with E-state index >= 15 is 0 Å². The van der Waals surface area contributed by atoms with Crippen molar-refractivity contribution < 1.29 is 13.2 Å². The average molecular weight is 324 g/mol. The molecule has 2 rings (SSSR count). The molecule has 0 aliphatic heterocycles. The molecule has 122 valence electrons. The Bertz CT molecular complexity index is 590.